The first-order chi connectivity index (χ1) is 8.54. The SMILES string of the molecule is CCCCCC1ON(C(C)(C)C)c2ccccc21. The first-order valence-corrected chi connectivity index (χ1v) is 7.10. The van der Waals surface area contributed by atoms with Gasteiger partial charge in [-0.15, -0.1) is 0 Å². The molecule has 2 rings (SSSR count). The van der Waals surface area contributed by atoms with E-state index in [0.717, 1.165) is 6.42 Å². The van der Waals surface area contributed by atoms with Gasteiger partial charge in [-0.1, -0.05) is 44.4 Å². The molecular formula is C16H25NO. The van der Waals surface area contributed by atoms with E-state index in [1.165, 1.54) is 30.5 Å². The second-order valence-corrected chi connectivity index (χ2v) is 6.11. The predicted octanol–water partition coefficient (Wildman–Crippen LogP) is 4.86. The van der Waals surface area contributed by atoms with Crippen LogP contribution in [0.15, 0.2) is 24.3 Å². The van der Waals surface area contributed by atoms with E-state index in [4.69, 9.17) is 4.84 Å². The van der Waals surface area contributed by atoms with Gasteiger partial charge in [0, 0.05) is 5.56 Å². The van der Waals surface area contributed by atoms with Gasteiger partial charge in [-0.05, 0) is 33.3 Å². The Balaban J connectivity index is 2.17. The zero-order chi connectivity index (χ0) is 13.2. The van der Waals surface area contributed by atoms with Crippen LogP contribution in [0.2, 0.25) is 0 Å². The summed E-state index contributed by atoms with van der Waals surface area (Å²) in [5.41, 5.74) is 2.60. The largest absolute Gasteiger partial charge is 0.265 e. The van der Waals surface area contributed by atoms with Crippen molar-refractivity contribution in [3.8, 4) is 0 Å². The summed E-state index contributed by atoms with van der Waals surface area (Å²) in [4.78, 5) is 6.18. The Labute approximate surface area is 111 Å². The summed E-state index contributed by atoms with van der Waals surface area (Å²) in [6.45, 7) is 8.82. The molecule has 1 heterocycles. The van der Waals surface area contributed by atoms with Gasteiger partial charge in [0.25, 0.3) is 0 Å². The molecule has 18 heavy (non-hydrogen) atoms. The lowest BCUT2D eigenvalue weighted by molar-refractivity contribution is 0.0163. The lowest BCUT2D eigenvalue weighted by atomic mass is 10.0. The van der Waals surface area contributed by atoms with Crippen LogP contribution in [0.5, 0.6) is 0 Å². The lowest BCUT2D eigenvalue weighted by Gasteiger charge is -2.32. The van der Waals surface area contributed by atoms with Crippen molar-refractivity contribution in [2.45, 2.75) is 65.0 Å². The smallest absolute Gasteiger partial charge is 0.113 e. The summed E-state index contributed by atoms with van der Waals surface area (Å²) >= 11 is 0. The van der Waals surface area contributed by atoms with E-state index >= 15 is 0 Å². The molecule has 1 aromatic carbocycles. The molecule has 1 unspecified atom stereocenters. The van der Waals surface area contributed by atoms with Gasteiger partial charge in [0.1, 0.15) is 6.10 Å². The summed E-state index contributed by atoms with van der Waals surface area (Å²) < 4.78 is 0. The van der Waals surface area contributed by atoms with Crippen LogP contribution >= 0.6 is 0 Å². The lowest BCUT2D eigenvalue weighted by Crippen LogP contribution is -2.39. The summed E-state index contributed by atoms with van der Waals surface area (Å²) in [6, 6.07) is 8.58. The number of hydrogen-bond donors (Lipinski definition) is 0. The Morgan fingerprint density at radius 2 is 1.89 bits per heavy atom. The third-order valence-corrected chi connectivity index (χ3v) is 3.41. The average molecular weight is 247 g/mol. The number of anilines is 1. The zero-order valence-corrected chi connectivity index (χ0v) is 12.1. The van der Waals surface area contributed by atoms with Crippen LogP contribution in [0, 0.1) is 0 Å². The second kappa shape index (κ2) is 5.31. The number of hydrogen-bond acceptors (Lipinski definition) is 2. The van der Waals surface area contributed by atoms with Crippen LogP contribution in [-0.2, 0) is 4.84 Å². The molecular weight excluding hydrogens is 222 g/mol. The topological polar surface area (TPSA) is 12.5 Å². The Morgan fingerprint density at radius 1 is 1.17 bits per heavy atom. The van der Waals surface area contributed by atoms with Crippen molar-refractivity contribution in [1.29, 1.82) is 0 Å². The first kappa shape index (κ1) is 13.4. The monoisotopic (exact) mass is 247 g/mol. The minimum absolute atomic E-state index is 0.00953. The highest BCUT2D eigenvalue weighted by Crippen LogP contribution is 2.43. The molecule has 0 saturated carbocycles. The van der Waals surface area contributed by atoms with Gasteiger partial charge in [0.15, 0.2) is 0 Å². The summed E-state index contributed by atoms with van der Waals surface area (Å²) in [6.07, 6.45) is 5.16. The minimum Gasteiger partial charge on any atom is -0.265 e. The second-order valence-electron chi connectivity index (χ2n) is 6.11. The van der Waals surface area contributed by atoms with Crippen molar-refractivity contribution in [2.75, 3.05) is 5.06 Å². The molecule has 0 fully saturated rings. The van der Waals surface area contributed by atoms with E-state index in [1.807, 2.05) is 0 Å². The van der Waals surface area contributed by atoms with E-state index in [9.17, 15) is 0 Å². The normalized spacial score (nSPS) is 19.1. The highest BCUT2D eigenvalue weighted by atomic mass is 16.7. The van der Waals surface area contributed by atoms with Crippen LogP contribution in [0.25, 0.3) is 0 Å². The van der Waals surface area contributed by atoms with Crippen molar-refractivity contribution < 1.29 is 4.84 Å². The number of unbranched alkanes of at least 4 members (excludes halogenated alkanes) is 2. The van der Waals surface area contributed by atoms with Gasteiger partial charge in [-0.2, -0.15) is 0 Å². The summed E-state index contributed by atoms with van der Waals surface area (Å²) in [5, 5.41) is 2.08. The van der Waals surface area contributed by atoms with Gasteiger partial charge < -0.3 is 0 Å². The van der Waals surface area contributed by atoms with Crippen LogP contribution in [0.4, 0.5) is 5.69 Å². The molecule has 2 nitrogen and oxygen atoms in total. The Hall–Kier alpha value is -1.02. The highest BCUT2D eigenvalue weighted by Gasteiger charge is 2.35. The van der Waals surface area contributed by atoms with E-state index in [-0.39, 0.29) is 11.6 Å². The minimum atomic E-state index is 0.00953. The fourth-order valence-corrected chi connectivity index (χ4v) is 2.49. The van der Waals surface area contributed by atoms with Crippen LogP contribution in [0.3, 0.4) is 0 Å². The molecule has 100 valence electrons. The molecule has 0 N–H and O–H groups in total. The fourth-order valence-electron chi connectivity index (χ4n) is 2.49. The molecule has 0 aromatic heterocycles. The van der Waals surface area contributed by atoms with Gasteiger partial charge in [0.2, 0.25) is 0 Å². The fraction of sp³-hybridized carbons (Fsp3) is 0.625. The van der Waals surface area contributed by atoms with E-state index < -0.39 is 0 Å². The van der Waals surface area contributed by atoms with Crippen LogP contribution in [0.1, 0.15) is 65.0 Å². The van der Waals surface area contributed by atoms with Crippen molar-refractivity contribution in [1.82, 2.24) is 0 Å². The van der Waals surface area contributed by atoms with Gasteiger partial charge in [-0.3, -0.25) is 4.84 Å². The molecule has 1 aliphatic heterocycles. The first-order valence-electron chi connectivity index (χ1n) is 7.10. The number of rotatable bonds is 4. The molecule has 0 bridgehead atoms. The van der Waals surface area contributed by atoms with Crippen LogP contribution in [-0.4, -0.2) is 5.54 Å². The van der Waals surface area contributed by atoms with Gasteiger partial charge in [-0.25, -0.2) is 5.06 Å². The molecule has 0 saturated heterocycles. The van der Waals surface area contributed by atoms with Crippen molar-refractivity contribution in [2.24, 2.45) is 0 Å². The quantitative estimate of drug-likeness (QED) is 0.705. The maximum atomic E-state index is 6.18. The van der Waals surface area contributed by atoms with E-state index in [0.29, 0.717) is 0 Å². The summed E-state index contributed by atoms with van der Waals surface area (Å²) in [7, 11) is 0. The highest BCUT2D eigenvalue weighted by molar-refractivity contribution is 5.57. The molecule has 0 amide bonds. The molecule has 1 aliphatic rings. The number of nitrogens with zero attached hydrogens (tertiary/aromatic N) is 1. The van der Waals surface area contributed by atoms with Crippen LogP contribution < -0.4 is 5.06 Å². The van der Waals surface area contributed by atoms with Crippen molar-refractivity contribution in [3.63, 3.8) is 0 Å². The van der Waals surface area contributed by atoms with Gasteiger partial charge in [0.05, 0.1) is 11.2 Å². The number of fused-ring (bicyclic) bond motifs is 1. The maximum absolute atomic E-state index is 6.18. The Bertz CT molecular complexity index is 394. The van der Waals surface area contributed by atoms with E-state index in [2.05, 4.69) is 57.0 Å². The molecule has 0 aliphatic carbocycles. The number of hydroxylamine groups is 1. The van der Waals surface area contributed by atoms with Crippen molar-refractivity contribution >= 4 is 5.69 Å². The zero-order valence-electron chi connectivity index (χ0n) is 12.1. The third-order valence-electron chi connectivity index (χ3n) is 3.41. The third kappa shape index (κ3) is 2.69. The molecule has 2 heteroatoms. The molecule has 0 spiro atoms. The molecule has 0 radical (unpaired) electrons. The predicted molar refractivity (Wildman–Crippen MR) is 76.6 cm³/mol. The standard InChI is InChI=1S/C16H25NO/c1-5-6-7-12-15-13-10-8-9-11-14(13)17(18-15)16(2,3)4/h8-11,15H,5-7,12H2,1-4H3. The van der Waals surface area contributed by atoms with Gasteiger partial charge >= 0.3 is 0 Å². The average Bonchev–Trinajstić information content (AvgIpc) is 2.69. The van der Waals surface area contributed by atoms with E-state index in [1.54, 1.807) is 0 Å². The van der Waals surface area contributed by atoms with Crippen molar-refractivity contribution in [3.05, 3.63) is 29.8 Å². The summed E-state index contributed by atoms with van der Waals surface area (Å²) in [5.74, 6) is 0. The number of para-hydroxylation sites is 1. The Morgan fingerprint density at radius 3 is 2.56 bits per heavy atom. The molecule has 1 atom stereocenters. The Kier molecular flexibility index (Phi) is 3.96. The molecule has 1 aromatic rings. The number of benzene rings is 1. The maximum Gasteiger partial charge on any atom is 0.113 e.